The maximum absolute atomic E-state index is 6.11. The fraction of sp³-hybridized carbons (Fsp3) is 0.400. The Morgan fingerprint density at radius 2 is 1.00 bits per heavy atom. The first kappa shape index (κ1) is 27.8. The Labute approximate surface area is 220 Å². The molecule has 0 saturated heterocycles. The molecule has 1 heterocycles. The number of nitrogens with two attached hydrogens (primary N) is 2. The first-order chi connectivity index (χ1) is 18.1. The van der Waals surface area contributed by atoms with Crippen LogP contribution in [0.4, 0.5) is 0 Å². The van der Waals surface area contributed by atoms with Gasteiger partial charge in [0, 0.05) is 22.3 Å². The number of nitrogens with zero attached hydrogens (tertiary/aromatic N) is 2. The monoisotopic (exact) mass is 504 g/mol. The lowest BCUT2D eigenvalue weighted by atomic mass is 10.1. The van der Waals surface area contributed by atoms with Crippen LogP contribution in [0.3, 0.4) is 0 Å². The van der Waals surface area contributed by atoms with E-state index in [0.29, 0.717) is 24.9 Å². The van der Waals surface area contributed by atoms with E-state index < -0.39 is 0 Å². The van der Waals surface area contributed by atoms with Crippen molar-refractivity contribution < 1.29 is 14.1 Å². The number of hydrogen-bond donors (Lipinski definition) is 2. The lowest BCUT2D eigenvalue weighted by molar-refractivity contribution is 0.139. The van der Waals surface area contributed by atoms with Crippen molar-refractivity contribution in [3.05, 3.63) is 71.8 Å². The third-order valence-electron chi connectivity index (χ3n) is 6.04. The van der Waals surface area contributed by atoms with Crippen molar-refractivity contribution in [2.75, 3.05) is 13.2 Å². The molecule has 7 heteroatoms. The largest absolute Gasteiger partial charge is 0.456 e. The molecule has 1 aromatic heterocycles. The second kappa shape index (κ2) is 15.4. The zero-order valence-electron chi connectivity index (χ0n) is 22.1. The molecular formula is C30H40N4O3. The number of unbranched alkanes of at least 4 members (excludes halogenated alkanes) is 6. The molecule has 198 valence electrons. The summed E-state index contributed by atoms with van der Waals surface area (Å²) in [7, 11) is 0. The second-order valence-corrected chi connectivity index (χ2v) is 9.06. The molecule has 0 aliphatic carbocycles. The summed E-state index contributed by atoms with van der Waals surface area (Å²) in [6.07, 6.45) is 9.08. The Morgan fingerprint density at radius 1 is 0.595 bits per heavy atom. The summed E-state index contributed by atoms with van der Waals surface area (Å²) in [5.74, 6) is 2.27. The van der Waals surface area contributed by atoms with E-state index in [-0.39, 0.29) is 0 Å². The number of amidine groups is 2. The van der Waals surface area contributed by atoms with Crippen LogP contribution in [0.25, 0.3) is 22.6 Å². The lowest BCUT2D eigenvalue weighted by Crippen LogP contribution is -2.13. The maximum atomic E-state index is 6.11. The molecule has 0 spiro atoms. The van der Waals surface area contributed by atoms with Crippen molar-refractivity contribution in [1.29, 1.82) is 0 Å². The highest BCUT2D eigenvalue weighted by Gasteiger charge is 2.09. The molecule has 0 unspecified atom stereocenters. The smallest absolute Gasteiger partial charge is 0.170 e. The highest BCUT2D eigenvalue weighted by Crippen LogP contribution is 2.29. The molecule has 0 fully saturated rings. The van der Waals surface area contributed by atoms with E-state index in [4.69, 9.17) is 25.6 Å². The van der Waals surface area contributed by atoms with E-state index in [0.717, 1.165) is 59.5 Å². The van der Waals surface area contributed by atoms with Gasteiger partial charge in [-0.25, -0.2) is 0 Å². The van der Waals surface area contributed by atoms with Gasteiger partial charge in [-0.2, -0.15) is 0 Å². The molecule has 0 radical (unpaired) electrons. The number of oxime groups is 2. The number of benzene rings is 2. The molecule has 0 bridgehead atoms. The van der Waals surface area contributed by atoms with Crippen LogP contribution in [0.2, 0.25) is 0 Å². The van der Waals surface area contributed by atoms with Crippen molar-refractivity contribution in [3.63, 3.8) is 0 Å². The molecule has 3 aromatic rings. The minimum atomic E-state index is 0.368. The van der Waals surface area contributed by atoms with E-state index in [1.165, 1.54) is 25.7 Å². The Hall–Kier alpha value is -3.74. The molecule has 7 nitrogen and oxygen atoms in total. The summed E-state index contributed by atoms with van der Waals surface area (Å²) < 4.78 is 6.11. The molecule has 0 aliphatic rings. The van der Waals surface area contributed by atoms with E-state index >= 15 is 0 Å². The van der Waals surface area contributed by atoms with Crippen LogP contribution in [-0.2, 0) is 9.68 Å². The van der Waals surface area contributed by atoms with Crippen molar-refractivity contribution >= 4 is 11.7 Å². The van der Waals surface area contributed by atoms with E-state index in [9.17, 15) is 0 Å². The summed E-state index contributed by atoms with van der Waals surface area (Å²) in [5.41, 5.74) is 15.7. The topological polar surface area (TPSA) is 108 Å². The van der Waals surface area contributed by atoms with Crippen LogP contribution < -0.4 is 11.5 Å². The lowest BCUT2D eigenvalue weighted by Gasteiger charge is -2.04. The van der Waals surface area contributed by atoms with Gasteiger partial charge in [0.25, 0.3) is 0 Å². The molecule has 0 aliphatic heterocycles. The first-order valence-corrected chi connectivity index (χ1v) is 13.3. The summed E-state index contributed by atoms with van der Waals surface area (Å²) in [5, 5.41) is 8.07. The minimum absolute atomic E-state index is 0.368. The van der Waals surface area contributed by atoms with Gasteiger partial charge in [0.05, 0.1) is 0 Å². The third kappa shape index (κ3) is 9.01. The van der Waals surface area contributed by atoms with Gasteiger partial charge >= 0.3 is 0 Å². The maximum Gasteiger partial charge on any atom is 0.170 e. The van der Waals surface area contributed by atoms with Gasteiger partial charge in [-0.1, -0.05) is 98.4 Å². The Morgan fingerprint density at radius 3 is 1.38 bits per heavy atom. The fourth-order valence-electron chi connectivity index (χ4n) is 3.78. The third-order valence-corrected chi connectivity index (χ3v) is 6.04. The van der Waals surface area contributed by atoms with Crippen molar-refractivity contribution in [1.82, 2.24) is 0 Å². The Kier molecular flexibility index (Phi) is 11.6. The molecule has 3 rings (SSSR count). The van der Waals surface area contributed by atoms with Gasteiger partial charge in [0.15, 0.2) is 11.7 Å². The SMILES string of the molecule is CCCCCCO/N=C(\N)c1ccc(-c2ccc(-c3ccc(/C(N)=N\OCCCCCC)cc3)o2)cc1. The molecule has 2 aromatic carbocycles. The van der Waals surface area contributed by atoms with Gasteiger partial charge < -0.3 is 25.6 Å². The highest BCUT2D eigenvalue weighted by atomic mass is 16.6. The van der Waals surface area contributed by atoms with Gasteiger partial charge in [-0.3, -0.25) is 0 Å². The van der Waals surface area contributed by atoms with E-state index in [1.54, 1.807) is 0 Å². The zero-order valence-corrected chi connectivity index (χ0v) is 22.1. The minimum Gasteiger partial charge on any atom is -0.456 e. The summed E-state index contributed by atoms with van der Waals surface area (Å²) in [6.45, 7) is 5.53. The summed E-state index contributed by atoms with van der Waals surface area (Å²) in [6, 6.07) is 19.4. The molecular weight excluding hydrogens is 464 g/mol. The summed E-state index contributed by atoms with van der Waals surface area (Å²) in [4.78, 5) is 10.7. The van der Waals surface area contributed by atoms with Gasteiger partial charge in [0.1, 0.15) is 24.7 Å². The Balaban J connectivity index is 1.55. The van der Waals surface area contributed by atoms with Crippen LogP contribution >= 0.6 is 0 Å². The number of hydrogen-bond acceptors (Lipinski definition) is 5. The first-order valence-electron chi connectivity index (χ1n) is 13.3. The van der Waals surface area contributed by atoms with Crippen LogP contribution in [-0.4, -0.2) is 24.9 Å². The average Bonchev–Trinajstić information content (AvgIpc) is 3.43. The predicted octanol–water partition coefficient (Wildman–Crippen LogP) is 7.05. The van der Waals surface area contributed by atoms with Gasteiger partial charge in [-0.15, -0.1) is 0 Å². The van der Waals surface area contributed by atoms with Crippen molar-refractivity contribution in [2.45, 2.75) is 65.2 Å². The molecule has 0 amide bonds. The Bertz CT molecular complexity index is 1030. The van der Waals surface area contributed by atoms with Crippen LogP contribution in [0.5, 0.6) is 0 Å². The number of rotatable bonds is 16. The van der Waals surface area contributed by atoms with Crippen molar-refractivity contribution in [2.24, 2.45) is 21.8 Å². The second-order valence-electron chi connectivity index (χ2n) is 9.06. The average molecular weight is 505 g/mol. The summed E-state index contributed by atoms with van der Waals surface area (Å²) >= 11 is 0. The zero-order chi connectivity index (χ0) is 26.3. The van der Waals surface area contributed by atoms with Gasteiger partial charge in [-0.05, 0) is 37.8 Å². The van der Waals surface area contributed by atoms with E-state index in [1.807, 2.05) is 60.7 Å². The van der Waals surface area contributed by atoms with Crippen LogP contribution in [0.1, 0.15) is 76.3 Å². The fourth-order valence-corrected chi connectivity index (χ4v) is 3.78. The predicted molar refractivity (Wildman–Crippen MR) is 151 cm³/mol. The standard InChI is InChI=1S/C30H40N4O3/c1-3-5-7-9-21-35-33-29(31)25-15-11-23(12-16-25)27-19-20-28(37-27)24-13-17-26(18-14-24)30(32)34-36-22-10-8-6-4-2/h11-20H,3-10,21-22H2,1-2H3,(H2,31,33)(H2,32,34). The number of furan rings is 1. The van der Waals surface area contributed by atoms with Crippen LogP contribution in [0, 0.1) is 0 Å². The molecule has 0 saturated carbocycles. The highest BCUT2D eigenvalue weighted by molar-refractivity contribution is 5.98. The van der Waals surface area contributed by atoms with Gasteiger partial charge in [0.2, 0.25) is 0 Å². The van der Waals surface area contributed by atoms with Crippen molar-refractivity contribution in [3.8, 4) is 22.6 Å². The quantitative estimate of drug-likeness (QED) is 0.0940. The normalized spacial score (nSPS) is 12.1. The molecule has 0 atom stereocenters. The van der Waals surface area contributed by atoms with E-state index in [2.05, 4.69) is 24.2 Å². The van der Waals surface area contributed by atoms with Crippen LogP contribution in [0.15, 0.2) is 75.4 Å². The molecule has 37 heavy (non-hydrogen) atoms. The molecule has 4 N–H and O–H groups in total.